The van der Waals surface area contributed by atoms with Crippen LogP contribution in [0.3, 0.4) is 0 Å². The zero-order chi connectivity index (χ0) is 24.2. The Hall–Kier alpha value is -3.53. The monoisotopic (exact) mass is 482 g/mol. The smallest absolute Gasteiger partial charge is 0.392 e. The first-order valence-corrected chi connectivity index (χ1v) is 12.1. The number of anilines is 1. The Labute approximate surface area is 200 Å². The Morgan fingerprint density at radius 1 is 1.26 bits per heavy atom. The van der Waals surface area contributed by atoms with Crippen molar-refractivity contribution < 1.29 is 19.2 Å². The van der Waals surface area contributed by atoms with Crippen molar-refractivity contribution in [1.82, 2.24) is 9.78 Å². The second kappa shape index (κ2) is 10.2. The number of ether oxygens (including phenoxy) is 1. The van der Waals surface area contributed by atoms with Crippen LogP contribution >= 0.6 is 11.3 Å². The molecule has 0 spiro atoms. The quantitative estimate of drug-likeness (QED) is 0.221. The van der Waals surface area contributed by atoms with E-state index in [9.17, 15) is 19.7 Å². The van der Waals surface area contributed by atoms with Crippen molar-refractivity contribution in [3.8, 4) is 0 Å². The van der Waals surface area contributed by atoms with E-state index in [2.05, 4.69) is 10.4 Å². The number of amides is 1. The minimum atomic E-state index is -0.514. The van der Waals surface area contributed by atoms with Crippen LogP contribution in [-0.4, -0.2) is 33.2 Å². The second-order valence-electron chi connectivity index (χ2n) is 8.23. The lowest BCUT2D eigenvalue weighted by Crippen LogP contribution is -2.15. The zero-order valence-corrected chi connectivity index (χ0v) is 19.9. The zero-order valence-electron chi connectivity index (χ0n) is 19.1. The number of carbonyl (C=O) groups is 2. The predicted molar refractivity (Wildman–Crippen MR) is 129 cm³/mol. The maximum Gasteiger partial charge on any atom is 0.392 e. The van der Waals surface area contributed by atoms with Crippen LogP contribution in [0.15, 0.2) is 30.5 Å². The molecule has 10 heteroatoms. The van der Waals surface area contributed by atoms with Crippen molar-refractivity contribution in [3.63, 3.8) is 0 Å². The van der Waals surface area contributed by atoms with E-state index >= 15 is 0 Å². The standard InChI is InChI=1S/C24H26N4O5S/c1-3-33-24(30)20-18-10-5-4-6-11-19(18)34-23(20)25-22(29)17-9-7-8-16(12-17)14-27-13-15(2)21(26-27)28(31)32/h7-9,12-13H,3-6,10-11,14H2,1-2H3,(H,25,29). The van der Waals surface area contributed by atoms with E-state index < -0.39 is 10.9 Å². The molecule has 1 aromatic carbocycles. The van der Waals surface area contributed by atoms with Gasteiger partial charge < -0.3 is 20.2 Å². The predicted octanol–water partition coefficient (Wildman–Crippen LogP) is 4.91. The summed E-state index contributed by atoms with van der Waals surface area (Å²) in [5.74, 6) is -0.911. The summed E-state index contributed by atoms with van der Waals surface area (Å²) in [6.07, 6.45) is 6.51. The van der Waals surface area contributed by atoms with E-state index in [-0.39, 0.29) is 24.9 Å². The van der Waals surface area contributed by atoms with E-state index in [1.807, 2.05) is 6.07 Å². The number of fused-ring (bicyclic) bond motifs is 1. The highest BCUT2D eigenvalue weighted by Gasteiger charge is 2.27. The van der Waals surface area contributed by atoms with Gasteiger partial charge in [-0.15, -0.1) is 11.3 Å². The highest BCUT2D eigenvalue weighted by atomic mass is 32.1. The maximum atomic E-state index is 13.1. The number of hydrogen-bond acceptors (Lipinski definition) is 7. The number of nitrogens with zero attached hydrogens (tertiary/aromatic N) is 3. The SMILES string of the molecule is CCOC(=O)c1c(NC(=O)c2cccc(Cn3cc(C)c([N+](=O)[O-])n3)c2)sc2c1CCCCC2. The number of aryl methyl sites for hydroxylation is 2. The fourth-order valence-corrected chi connectivity index (χ4v) is 5.47. The average molecular weight is 483 g/mol. The van der Waals surface area contributed by atoms with Crippen LogP contribution in [-0.2, 0) is 24.1 Å². The van der Waals surface area contributed by atoms with Gasteiger partial charge in [-0.05, 0) is 67.7 Å². The molecule has 1 N–H and O–H groups in total. The molecule has 178 valence electrons. The average Bonchev–Trinajstić information content (AvgIpc) is 3.24. The van der Waals surface area contributed by atoms with E-state index in [1.54, 1.807) is 38.2 Å². The summed E-state index contributed by atoms with van der Waals surface area (Å²) in [5, 5.41) is 18.5. The number of aromatic nitrogens is 2. The summed E-state index contributed by atoms with van der Waals surface area (Å²) in [7, 11) is 0. The fourth-order valence-electron chi connectivity index (χ4n) is 4.20. The molecule has 0 atom stereocenters. The van der Waals surface area contributed by atoms with Gasteiger partial charge >= 0.3 is 11.8 Å². The third kappa shape index (κ3) is 5.01. The van der Waals surface area contributed by atoms with Gasteiger partial charge in [-0.3, -0.25) is 4.79 Å². The van der Waals surface area contributed by atoms with E-state index in [1.165, 1.54) is 16.0 Å². The molecule has 34 heavy (non-hydrogen) atoms. The second-order valence-corrected chi connectivity index (χ2v) is 9.34. The van der Waals surface area contributed by atoms with Crippen molar-refractivity contribution in [2.24, 2.45) is 0 Å². The number of rotatable bonds is 7. The highest BCUT2D eigenvalue weighted by Crippen LogP contribution is 2.38. The maximum absolute atomic E-state index is 13.1. The summed E-state index contributed by atoms with van der Waals surface area (Å²) < 4.78 is 6.78. The topological polar surface area (TPSA) is 116 Å². The van der Waals surface area contributed by atoms with Crippen LogP contribution in [0, 0.1) is 17.0 Å². The van der Waals surface area contributed by atoms with Gasteiger partial charge in [0.2, 0.25) is 0 Å². The summed E-state index contributed by atoms with van der Waals surface area (Å²) in [6, 6.07) is 7.00. The largest absolute Gasteiger partial charge is 0.462 e. The highest BCUT2D eigenvalue weighted by molar-refractivity contribution is 7.17. The Morgan fingerprint density at radius 3 is 2.79 bits per heavy atom. The molecule has 2 heterocycles. The molecular formula is C24H26N4O5S. The lowest BCUT2D eigenvalue weighted by atomic mass is 10.1. The van der Waals surface area contributed by atoms with Gasteiger partial charge in [0.15, 0.2) is 0 Å². The molecule has 1 aliphatic rings. The number of benzene rings is 1. The number of nitro groups is 1. The van der Waals surface area contributed by atoms with Crippen molar-refractivity contribution in [1.29, 1.82) is 0 Å². The molecule has 4 rings (SSSR count). The van der Waals surface area contributed by atoms with Gasteiger partial charge in [-0.25, -0.2) is 4.79 Å². The number of nitrogens with one attached hydrogen (secondary N) is 1. The van der Waals surface area contributed by atoms with E-state index in [0.29, 0.717) is 21.7 Å². The van der Waals surface area contributed by atoms with Crippen molar-refractivity contribution >= 4 is 34.0 Å². The van der Waals surface area contributed by atoms with Gasteiger partial charge in [-0.2, -0.15) is 4.68 Å². The number of esters is 1. The first kappa shape index (κ1) is 23.6. The lowest BCUT2D eigenvalue weighted by Gasteiger charge is -2.09. The summed E-state index contributed by atoms with van der Waals surface area (Å²) in [6.45, 7) is 3.96. The minimum absolute atomic E-state index is 0.183. The molecule has 9 nitrogen and oxygen atoms in total. The number of carbonyl (C=O) groups excluding carboxylic acids is 2. The lowest BCUT2D eigenvalue weighted by molar-refractivity contribution is -0.390. The molecule has 0 unspecified atom stereocenters. The molecule has 0 saturated carbocycles. The molecule has 0 radical (unpaired) electrons. The van der Waals surface area contributed by atoms with E-state index in [4.69, 9.17) is 4.74 Å². The molecule has 0 bridgehead atoms. The third-order valence-electron chi connectivity index (χ3n) is 5.75. The number of hydrogen-bond donors (Lipinski definition) is 1. The molecule has 0 saturated heterocycles. The Balaban J connectivity index is 1.57. The van der Waals surface area contributed by atoms with Crippen LogP contribution in [0.4, 0.5) is 10.8 Å². The Bertz CT molecular complexity index is 1250. The molecule has 0 aliphatic heterocycles. The van der Waals surface area contributed by atoms with Gasteiger partial charge in [0.25, 0.3) is 5.91 Å². The van der Waals surface area contributed by atoms with Gasteiger partial charge in [0.05, 0.1) is 35.6 Å². The van der Waals surface area contributed by atoms with Crippen LogP contribution in [0.25, 0.3) is 0 Å². The van der Waals surface area contributed by atoms with Crippen molar-refractivity contribution in [3.05, 3.63) is 73.3 Å². The summed E-state index contributed by atoms with van der Waals surface area (Å²) in [5.41, 5.74) is 3.16. The summed E-state index contributed by atoms with van der Waals surface area (Å²) >= 11 is 1.46. The molecule has 3 aromatic rings. The normalized spacial score (nSPS) is 13.1. The first-order valence-electron chi connectivity index (χ1n) is 11.3. The van der Waals surface area contributed by atoms with Crippen LogP contribution < -0.4 is 5.32 Å². The Kier molecular flexibility index (Phi) is 7.06. The van der Waals surface area contributed by atoms with Crippen molar-refractivity contribution in [2.75, 3.05) is 11.9 Å². The van der Waals surface area contributed by atoms with Crippen LogP contribution in [0.1, 0.15) is 68.5 Å². The first-order chi connectivity index (χ1) is 16.4. The fraction of sp³-hybridized carbons (Fsp3) is 0.375. The molecule has 0 fully saturated rings. The third-order valence-corrected chi connectivity index (χ3v) is 6.96. The Morgan fingerprint density at radius 2 is 2.06 bits per heavy atom. The number of thiophene rings is 1. The summed E-state index contributed by atoms with van der Waals surface area (Å²) in [4.78, 5) is 37.5. The molecule has 1 aliphatic carbocycles. The van der Waals surface area contributed by atoms with Gasteiger partial charge in [0.1, 0.15) is 5.00 Å². The van der Waals surface area contributed by atoms with Gasteiger partial charge in [-0.1, -0.05) is 18.6 Å². The van der Waals surface area contributed by atoms with Crippen LogP contribution in [0.5, 0.6) is 0 Å². The molecule has 1 amide bonds. The van der Waals surface area contributed by atoms with Crippen LogP contribution in [0.2, 0.25) is 0 Å². The minimum Gasteiger partial charge on any atom is -0.462 e. The van der Waals surface area contributed by atoms with E-state index in [0.717, 1.165) is 48.1 Å². The molecule has 2 aromatic heterocycles. The van der Waals surface area contributed by atoms with Gasteiger partial charge in [0, 0.05) is 10.4 Å². The van der Waals surface area contributed by atoms with Crippen molar-refractivity contribution in [2.45, 2.75) is 52.5 Å². The molecular weight excluding hydrogens is 456 g/mol.